The van der Waals surface area contributed by atoms with Gasteiger partial charge < -0.3 is 5.11 Å². The lowest BCUT2D eigenvalue weighted by molar-refractivity contribution is 0.0697. The largest absolute Gasteiger partial charge is 0.478 e. The second-order valence-electron chi connectivity index (χ2n) is 8.53. The third kappa shape index (κ3) is 13.5. The smallest absolute Gasteiger partial charge is 0.335 e. The van der Waals surface area contributed by atoms with E-state index in [4.69, 9.17) is 5.11 Å². The zero-order chi connectivity index (χ0) is 19.7. The van der Waals surface area contributed by atoms with Crippen molar-refractivity contribution in [2.45, 2.75) is 110 Å². The molecule has 1 rings (SSSR count). The summed E-state index contributed by atoms with van der Waals surface area (Å²) in [4.78, 5) is 10.8. The summed E-state index contributed by atoms with van der Waals surface area (Å²) in [5.74, 6) is 0.0264. The van der Waals surface area contributed by atoms with Gasteiger partial charge in [-0.05, 0) is 36.5 Å². The number of hydrogen-bond acceptors (Lipinski definition) is 1. The minimum Gasteiger partial charge on any atom is -0.478 e. The van der Waals surface area contributed by atoms with E-state index in [1.54, 1.807) is 12.1 Å². The highest BCUT2D eigenvalue weighted by atomic mass is 16.4. The summed E-state index contributed by atoms with van der Waals surface area (Å²) in [5.41, 5.74) is 1.63. The van der Waals surface area contributed by atoms with Gasteiger partial charge in [0.05, 0.1) is 5.56 Å². The van der Waals surface area contributed by atoms with Gasteiger partial charge in [0.1, 0.15) is 0 Å². The Morgan fingerprint density at radius 1 is 0.704 bits per heavy atom. The lowest BCUT2D eigenvalue weighted by Gasteiger charge is -2.05. The van der Waals surface area contributed by atoms with E-state index in [2.05, 4.69) is 13.8 Å². The Balaban J connectivity index is 1.82. The van der Waals surface area contributed by atoms with Gasteiger partial charge in [-0.25, -0.2) is 4.79 Å². The van der Waals surface area contributed by atoms with Crippen LogP contribution in [0.25, 0.3) is 0 Å². The number of carboxylic acids is 1. The van der Waals surface area contributed by atoms with E-state index in [-0.39, 0.29) is 0 Å². The van der Waals surface area contributed by atoms with E-state index < -0.39 is 5.97 Å². The summed E-state index contributed by atoms with van der Waals surface area (Å²) < 4.78 is 0. The van der Waals surface area contributed by atoms with Crippen molar-refractivity contribution in [2.24, 2.45) is 5.92 Å². The summed E-state index contributed by atoms with van der Waals surface area (Å²) in [6, 6.07) is 7.33. The molecule has 0 aromatic heterocycles. The summed E-state index contributed by atoms with van der Waals surface area (Å²) in [6.45, 7) is 4.64. The van der Waals surface area contributed by atoms with Crippen molar-refractivity contribution in [1.82, 2.24) is 0 Å². The third-order valence-corrected chi connectivity index (χ3v) is 5.45. The molecule has 0 atom stereocenters. The first-order valence-corrected chi connectivity index (χ1v) is 11.4. The molecule has 0 fully saturated rings. The summed E-state index contributed by atoms with van der Waals surface area (Å²) in [7, 11) is 0. The van der Waals surface area contributed by atoms with E-state index in [1.165, 1.54) is 95.5 Å². The summed E-state index contributed by atoms with van der Waals surface area (Å²) >= 11 is 0. The van der Waals surface area contributed by atoms with Crippen molar-refractivity contribution in [2.75, 3.05) is 0 Å². The molecule has 2 heteroatoms. The van der Waals surface area contributed by atoms with Crippen LogP contribution in [0.2, 0.25) is 0 Å². The van der Waals surface area contributed by atoms with Gasteiger partial charge in [0.2, 0.25) is 0 Å². The third-order valence-electron chi connectivity index (χ3n) is 5.45. The number of aryl methyl sites for hydroxylation is 1. The van der Waals surface area contributed by atoms with E-state index in [0.717, 1.165) is 12.3 Å². The molecule has 1 N–H and O–H groups in total. The Kier molecular flexibility index (Phi) is 13.8. The molecule has 0 unspecified atom stereocenters. The van der Waals surface area contributed by atoms with Gasteiger partial charge in [0, 0.05) is 0 Å². The first-order valence-electron chi connectivity index (χ1n) is 11.4. The molecule has 0 heterocycles. The predicted molar refractivity (Wildman–Crippen MR) is 117 cm³/mol. The lowest BCUT2D eigenvalue weighted by atomic mass is 10.0. The van der Waals surface area contributed by atoms with Crippen LogP contribution in [0, 0.1) is 5.92 Å². The fourth-order valence-electron chi connectivity index (χ4n) is 3.64. The number of benzene rings is 1. The van der Waals surface area contributed by atoms with Crippen LogP contribution in [-0.4, -0.2) is 11.1 Å². The molecule has 0 spiro atoms. The highest BCUT2D eigenvalue weighted by molar-refractivity contribution is 5.87. The monoisotopic (exact) mass is 374 g/mol. The standard InChI is InChI=1S/C25H42O2/c1-22(2)16-14-12-10-8-6-4-3-5-7-9-11-13-15-17-23-18-20-24(21-19-23)25(26)27/h18-22H,3-17H2,1-2H3,(H,26,27). The molecule has 2 nitrogen and oxygen atoms in total. The Morgan fingerprint density at radius 2 is 1.11 bits per heavy atom. The van der Waals surface area contributed by atoms with E-state index >= 15 is 0 Å². The van der Waals surface area contributed by atoms with Crippen LogP contribution in [0.1, 0.15) is 120 Å². The molecule has 0 amide bonds. The van der Waals surface area contributed by atoms with Crippen LogP contribution in [0.4, 0.5) is 0 Å². The Bertz CT molecular complexity index is 476. The van der Waals surface area contributed by atoms with Gasteiger partial charge >= 0.3 is 5.97 Å². The molecule has 154 valence electrons. The molecule has 0 saturated heterocycles. The van der Waals surface area contributed by atoms with Crippen molar-refractivity contribution >= 4 is 5.97 Å². The number of carbonyl (C=O) groups is 1. The van der Waals surface area contributed by atoms with Gasteiger partial charge in [0.15, 0.2) is 0 Å². The maximum absolute atomic E-state index is 10.8. The lowest BCUT2D eigenvalue weighted by Crippen LogP contribution is -1.96. The van der Waals surface area contributed by atoms with Crippen LogP contribution in [0.15, 0.2) is 24.3 Å². The molecule has 27 heavy (non-hydrogen) atoms. The molecule has 1 aromatic rings. The van der Waals surface area contributed by atoms with Crippen LogP contribution in [0.3, 0.4) is 0 Å². The van der Waals surface area contributed by atoms with Gasteiger partial charge in [-0.1, -0.05) is 109 Å². The normalized spacial score (nSPS) is 11.2. The Hall–Kier alpha value is -1.31. The highest BCUT2D eigenvalue weighted by Crippen LogP contribution is 2.15. The summed E-state index contributed by atoms with van der Waals surface area (Å²) in [5, 5.41) is 8.90. The van der Waals surface area contributed by atoms with Gasteiger partial charge in [-0.2, -0.15) is 0 Å². The number of rotatable bonds is 17. The average Bonchev–Trinajstić information content (AvgIpc) is 2.65. The molecule has 0 bridgehead atoms. The van der Waals surface area contributed by atoms with Crippen molar-refractivity contribution < 1.29 is 9.90 Å². The fourth-order valence-corrected chi connectivity index (χ4v) is 3.64. The van der Waals surface area contributed by atoms with E-state index in [1.807, 2.05) is 12.1 Å². The van der Waals surface area contributed by atoms with E-state index in [9.17, 15) is 4.79 Å². The molecular weight excluding hydrogens is 332 g/mol. The molecular formula is C25H42O2. The number of hydrogen-bond donors (Lipinski definition) is 1. The van der Waals surface area contributed by atoms with Crippen molar-refractivity contribution in [1.29, 1.82) is 0 Å². The highest BCUT2D eigenvalue weighted by Gasteiger charge is 2.01. The van der Waals surface area contributed by atoms with Gasteiger partial charge in [-0.3, -0.25) is 0 Å². The molecule has 0 saturated carbocycles. The number of aromatic carboxylic acids is 1. The first-order chi connectivity index (χ1) is 13.1. The molecule has 1 aromatic carbocycles. The minimum absolute atomic E-state index is 0.380. The maximum Gasteiger partial charge on any atom is 0.335 e. The van der Waals surface area contributed by atoms with Crippen molar-refractivity contribution in [3.63, 3.8) is 0 Å². The fraction of sp³-hybridized carbons (Fsp3) is 0.720. The second-order valence-corrected chi connectivity index (χ2v) is 8.53. The van der Waals surface area contributed by atoms with Crippen LogP contribution in [-0.2, 0) is 6.42 Å². The quantitative estimate of drug-likeness (QED) is 0.280. The van der Waals surface area contributed by atoms with Crippen molar-refractivity contribution in [3.8, 4) is 0 Å². The molecule has 0 radical (unpaired) electrons. The van der Waals surface area contributed by atoms with Gasteiger partial charge in [0.25, 0.3) is 0 Å². The van der Waals surface area contributed by atoms with Crippen LogP contribution < -0.4 is 0 Å². The molecule has 0 aliphatic heterocycles. The Labute approximate surface area is 167 Å². The zero-order valence-electron chi connectivity index (χ0n) is 17.8. The van der Waals surface area contributed by atoms with Crippen LogP contribution in [0.5, 0.6) is 0 Å². The predicted octanol–water partition coefficient (Wildman–Crippen LogP) is 8.04. The summed E-state index contributed by atoms with van der Waals surface area (Å²) in [6.07, 6.45) is 20.5. The number of unbranched alkanes of at least 4 members (excludes halogenated alkanes) is 12. The average molecular weight is 375 g/mol. The molecule has 0 aliphatic carbocycles. The Morgan fingerprint density at radius 3 is 1.52 bits per heavy atom. The second kappa shape index (κ2) is 15.7. The maximum atomic E-state index is 10.8. The van der Waals surface area contributed by atoms with Crippen LogP contribution >= 0.6 is 0 Å². The topological polar surface area (TPSA) is 37.3 Å². The SMILES string of the molecule is CC(C)CCCCCCCCCCCCCCCc1ccc(C(=O)O)cc1. The minimum atomic E-state index is -0.844. The van der Waals surface area contributed by atoms with E-state index in [0.29, 0.717) is 5.56 Å². The zero-order valence-corrected chi connectivity index (χ0v) is 17.8. The number of carboxylic acid groups (broad SMARTS) is 1. The van der Waals surface area contributed by atoms with Gasteiger partial charge in [-0.15, -0.1) is 0 Å². The molecule has 0 aliphatic rings. The first kappa shape index (κ1) is 23.7. The van der Waals surface area contributed by atoms with Crippen molar-refractivity contribution in [3.05, 3.63) is 35.4 Å².